The Kier molecular flexibility index (Phi) is 13.3. The highest BCUT2D eigenvalue weighted by atomic mass is 16.4. The summed E-state index contributed by atoms with van der Waals surface area (Å²) in [5.74, 6) is -4.11. The summed E-state index contributed by atoms with van der Waals surface area (Å²) in [5.41, 5.74) is 10.9. The first kappa shape index (κ1) is 30.3. The summed E-state index contributed by atoms with van der Waals surface area (Å²) in [4.78, 5) is 60.8. The minimum atomic E-state index is -1.15. The number of rotatable bonds is 15. The fourth-order valence-electron chi connectivity index (χ4n) is 3.12. The summed E-state index contributed by atoms with van der Waals surface area (Å²) in [6.45, 7) is 10.8. The second-order valence-corrected chi connectivity index (χ2v) is 9.24. The molecular formula is C22H41N5O6. The predicted molar refractivity (Wildman–Crippen MR) is 124 cm³/mol. The molecule has 0 spiro atoms. The van der Waals surface area contributed by atoms with Crippen molar-refractivity contribution in [3.05, 3.63) is 0 Å². The average molecular weight is 472 g/mol. The Bertz CT molecular complexity index is 697. The third-order valence-electron chi connectivity index (χ3n) is 5.40. The van der Waals surface area contributed by atoms with Crippen LogP contribution < -0.4 is 27.4 Å². The lowest BCUT2D eigenvalue weighted by Gasteiger charge is -2.29. The van der Waals surface area contributed by atoms with Crippen LogP contribution in [0.5, 0.6) is 0 Å². The molecule has 0 aliphatic heterocycles. The topological polar surface area (TPSA) is 194 Å². The van der Waals surface area contributed by atoms with Gasteiger partial charge in [0.2, 0.25) is 23.6 Å². The van der Waals surface area contributed by atoms with Crippen LogP contribution in [0, 0.1) is 17.8 Å². The van der Waals surface area contributed by atoms with Crippen LogP contribution in [0.2, 0.25) is 0 Å². The van der Waals surface area contributed by atoms with E-state index < -0.39 is 53.8 Å². The summed E-state index contributed by atoms with van der Waals surface area (Å²) in [6, 6.07) is -4.07. The van der Waals surface area contributed by atoms with Crippen molar-refractivity contribution in [2.45, 2.75) is 91.4 Å². The normalized spacial score (nSPS) is 15.8. The number of amides is 4. The van der Waals surface area contributed by atoms with E-state index in [0.717, 1.165) is 0 Å². The molecule has 0 rings (SSSR count). The number of hydrogen-bond donors (Lipinski definition) is 6. The Morgan fingerprint density at radius 1 is 0.848 bits per heavy atom. The van der Waals surface area contributed by atoms with Gasteiger partial charge in [-0.15, -0.1) is 0 Å². The number of carboxylic acid groups (broad SMARTS) is 1. The van der Waals surface area contributed by atoms with E-state index in [4.69, 9.17) is 11.5 Å². The summed E-state index contributed by atoms with van der Waals surface area (Å²) in [7, 11) is 0. The molecule has 11 heteroatoms. The van der Waals surface area contributed by atoms with E-state index in [2.05, 4.69) is 16.0 Å². The van der Waals surface area contributed by atoms with Crippen LogP contribution in [0.25, 0.3) is 0 Å². The van der Waals surface area contributed by atoms with Crippen LogP contribution in [0.15, 0.2) is 0 Å². The van der Waals surface area contributed by atoms with Gasteiger partial charge in [-0.25, -0.2) is 4.79 Å². The molecule has 0 saturated heterocycles. The lowest BCUT2D eigenvalue weighted by atomic mass is 9.95. The molecule has 5 unspecified atom stereocenters. The number of hydrogen-bond acceptors (Lipinski definition) is 6. The van der Waals surface area contributed by atoms with Crippen LogP contribution in [0.1, 0.15) is 67.2 Å². The fourth-order valence-corrected chi connectivity index (χ4v) is 3.12. The van der Waals surface area contributed by atoms with Gasteiger partial charge in [0.15, 0.2) is 0 Å². The lowest BCUT2D eigenvalue weighted by Crippen LogP contribution is -2.59. The first-order chi connectivity index (χ1) is 15.2. The SMILES string of the molecule is CCC(C)C(NC(=O)C(NC(=O)C(N)CCC(N)=O)C(C)C)C(=O)NC(CC(C)C)C(=O)O. The molecule has 0 aromatic rings. The highest BCUT2D eigenvalue weighted by Crippen LogP contribution is 2.12. The van der Waals surface area contributed by atoms with Crippen molar-refractivity contribution in [1.82, 2.24) is 16.0 Å². The standard InChI is InChI=1S/C22H41N5O6/c1-7-13(6)18(21(31)25-15(22(32)33)10-11(2)3)27-20(30)17(12(4)5)26-19(29)14(23)8-9-16(24)28/h11-15,17-18H,7-10,23H2,1-6H3,(H2,24,28)(H,25,31)(H,26,29)(H,27,30)(H,32,33). The maximum absolute atomic E-state index is 13.0. The number of primary amides is 1. The Hall–Kier alpha value is -2.69. The van der Waals surface area contributed by atoms with Gasteiger partial charge >= 0.3 is 5.97 Å². The summed E-state index contributed by atoms with van der Waals surface area (Å²) >= 11 is 0. The second kappa shape index (κ2) is 14.5. The molecule has 8 N–H and O–H groups in total. The van der Waals surface area contributed by atoms with E-state index in [0.29, 0.717) is 6.42 Å². The van der Waals surface area contributed by atoms with Gasteiger partial charge in [-0.05, 0) is 30.6 Å². The molecule has 0 bridgehead atoms. The maximum atomic E-state index is 13.0. The van der Waals surface area contributed by atoms with Crippen LogP contribution in [-0.4, -0.2) is 58.9 Å². The Labute approximate surface area is 195 Å². The molecule has 0 aliphatic carbocycles. The van der Waals surface area contributed by atoms with Crippen LogP contribution in [-0.2, 0) is 24.0 Å². The van der Waals surface area contributed by atoms with Crippen molar-refractivity contribution in [2.75, 3.05) is 0 Å². The molecule has 0 aromatic carbocycles. The molecule has 11 nitrogen and oxygen atoms in total. The van der Waals surface area contributed by atoms with Crippen molar-refractivity contribution in [3.63, 3.8) is 0 Å². The minimum Gasteiger partial charge on any atom is -0.480 e. The summed E-state index contributed by atoms with van der Waals surface area (Å²) < 4.78 is 0. The van der Waals surface area contributed by atoms with Crippen LogP contribution in [0.3, 0.4) is 0 Å². The van der Waals surface area contributed by atoms with Crippen LogP contribution in [0.4, 0.5) is 0 Å². The van der Waals surface area contributed by atoms with Crippen molar-refractivity contribution < 1.29 is 29.1 Å². The van der Waals surface area contributed by atoms with Gasteiger partial charge in [0, 0.05) is 6.42 Å². The predicted octanol–water partition coefficient (Wildman–Crippen LogP) is -0.134. The molecule has 0 radical (unpaired) electrons. The van der Waals surface area contributed by atoms with Gasteiger partial charge in [-0.3, -0.25) is 19.2 Å². The third-order valence-corrected chi connectivity index (χ3v) is 5.40. The van der Waals surface area contributed by atoms with E-state index in [9.17, 15) is 29.1 Å². The fraction of sp³-hybridized carbons (Fsp3) is 0.773. The Morgan fingerprint density at radius 2 is 1.36 bits per heavy atom. The number of carboxylic acids is 1. The van der Waals surface area contributed by atoms with Gasteiger partial charge < -0.3 is 32.5 Å². The van der Waals surface area contributed by atoms with E-state index >= 15 is 0 Å². The molecule has 0 fully saturated rings. The van der Waals surface area contributed by atoms with E-state index in [1.54, 1.807) is 20.8 Å². The zero-order chi connectivity index (χ0) is 25.9. The number of nitrogens with one attached hydrogen (secondary N) is 3. The van der Waals surface area contributed by atoms with Crippen molar-refractivity contribution >= 4 is 29.6 Å². The molecule has 0 aliphatic rings. The van der Waals surface area contributed by atoms with Gasteiger partial charge in [0.25, 0.3) is 0 Å². The summed E-state index contributed by atoms with van der Waals surface area (Å²) in [5, 5.41) is 17.2. The Morgan fingerprint density at radius 3 is 1.79 bits per heavy atom. The highest BCUT2D eigenvalue weighted by molar-refractivity contribution is 5.94. The number of aliphatic carboxylic acids is 1. The first-order valence-electron chi connectivity index (χ1n) is 11.4. The van der Waals surface area contributed by atoms with E-state index in [-0.39, 0.29) is 37.0 Å². The second-order valence-electron chi connectivity index (χ2n) is 9.24. The van der Waals surface area contributed by atoms with Crippen LogP contribution >= 0.6 is 0 Å². The van der Waals surface area contributed by atoms with Gasteiger partial charge in [-0.2, -0.15) is 0 Å². The monoisotopic (exact) mass is 471 g/mol. The smallest absolute Gasteiger partial charge is 0.326 e. The quantitative estimate of drug-likeness (QED) is 0.191. The molecule has 0 heterocycles. The zero-order valence-electron chi connectivity index (χ0n) is 20.5. The lowest BCUT2D eigenvalue weighted by molar-refractivity contribution is -0.143. The van der Waals surface area contributed by atoms with E-state index in [1.165, 1.54) is 0 Å². The van der Waals surface area contributed by atoms with E-state index in [1.807, 2.05) is 20.8 Å². The third kappa shape index (κ3) is 11.1. The molecule has 190 valence electrons. The van der Waals surface area contributed by atoms with Gasteiger partial charge in [0.1, 0.15) is 18.1 Å². The molecular weight excluding hydrogens is 430 g/mol. The molecule has 0 aromatic heterocycles. The molecule has 0 saturated carbocycles. The van der Waals surface area contributed by atoms with Gasteiger partial charge in [0.05, 0.1) is 6.04 Å². The van der Waals surface area contributed by atoms with Crippen molar-refractivity contribution in [2.24, 2.45) is 29.2 Å². The van der Waals surface area contributed by atoms with Crippen molar-refractivity contribution in [3.8, 4) is 0 Å². The molecule has 33 heavy (non-hydrogen) atoms. The number of carbonyl (C=O) groups is 5. The Balaban J connectivity index is 5.45. The van der Waals surface area contributed by atoms with Crippen molar-refractivity contribution in [1.29, 1.82) is 0 Å². The van der Waals surface area contributed by atoms with Gasteiger partial charge in [-0.1, -0.05) is 48.0 Å². The number of carbonyl (C=O) groups excluding carboxylic acids is 4. The molecule has 4 amide bonds. The first-order valence-corrected chi connectivity index (χ1v) is 11.4. The largest absolute Gasteiger partial charge is 0.480 e. The summed E-state index contributed by atoms with van der Waals surface area (Å²) in [6.07, 6.45) is 0.773. The molecule has 5 atom stereocenters. The highest BCUT2D eigenvalue weighted by Gasteiger charge is 2.33. The number of nitrogens with two attached hydrogens (primary N) is 2. The minimum absolute atomic E-state index is 0.0396. The maximum Gasteiger partial charge on any atom is 0.326 e. The average Bonchev–Trinajstić information content (AvgIpc) is 2.71. The zero-order valence-corrected chi connectivity index (χ0v) is 20.5.